The minimum atomic E-state index is -0.729. The summed E-state index contributed by atoms with van der Waals surface area (Å²) in [6.07, 6.45) is 3.40. The topological polar surface area (TPSA) is 55.6 Å². The third kappa shape index (κ3) is 3.70. The molecule has 0 bridgehead atoms. The second kappa shape index (κ2) is 7.20. The van der Waals surface area contributed by atoms with Crippen LogP contribution in [-0.2, 0) is 14.9 Å². The van der Waals surface area contributed by atoms with Crippen molar-refractivity contribution in [2.24, 2.45) is 5.73 Å². The van der Waals surface area contributed by atoms with E-state index in [1.807, 2.05) is 11.0 Å². The molecule has 0 saturated carbocycles. The van der Waals surface area contributed by atoms with Gasteiger partial charge in [0.1, 0.15) is 0 Å². The van der Waals surface area contributed by atoms with Gasteiger partial charge in [0.15, 0.2) is 0 Å². The van der Waals surface area contributed by atoms with E-state index >= 15 is 0 Å². The lowest BCUT2D eigenvalue weighted by Gasteiger charge is -2.44. The molecule has 1 atom stereocenters. The average molecular weight is 339 g/mol. The van der Waals surface area contributed by atoms with Crippen molar-refractivity contribution >= 4 is 18.3 Å². The molecule has 4 nitrogen and oxygen atoms in total. The minimum Gasteiger partial charge on any atom is -0.381 e. The Bertz CT molecular complexity index is 531. The summed E-state index contributed by atoms with van der Waals surface area (Å²) in [5.74, 6) is 0.109. The van der Waals surface area contributed by atoms with Crippen LogP contribution in [0.25, 0.3) is 0 Å². The Morgan fingerprint density at radius 1 is 1.17 bits per heavy atom. The number of piperidine rings is 1. The van der Waals surface area contributed by atoms with Crippen LogP contribution in [0.4, 0.5) is 0 Å². The smallest absolute Gasteiger partial charge is 0.242 e. The minimum absolute atomic E-state index is 0. The lowest BCUT2D eigenvalue weighted by molar-refractivity contribution is -0.142. The van der Waals surface area contributed by atoms with Gasteiger partial charge in [-0.3, -0.25) is 4.79 Å². The molecule has 2 N–H and O–H groups in total. The zero-order valence-electron chi connectivity index (χ0n) is 13.8. The number of ether oxygens (including phenoxy) is 1. The molecule has 1 aromatic carbocycles. The van der Waals surface area contributed by atoms with Crippen molar-refractivity contribution in [3.63, 3.8) is 0 Å². The third-order valence-electron chi connectivity index (χ3n) is 5.27. The van der Waals surface area contributed by atoms with E-state index in [0.717, 1.165) is 25.9 Å². The number of likely N-dealkylation sites (tertiary alicyclic amines) is 1. The molecular weight excluding hydrogens is 312 g/mol. The van der Waals surface area contributed by atoms with Crippen molar-refractivity contribution in [1.29, 1.82) is 0 Å². The summed E-state index contributed by atoms with van der Waals surface area (Å²) in [7, 11) is 0. The van der Waals surface area contributed by atoms with Crippen LogP contribution in [-0.4, -0.2) is 42.6 Å². The summed E-state index contributed by atoms with van der Waals surface area (Å²) >= 11 is 0. The highest BCUT2D eigenvalue weighted by Gasteiger charge is 2.42. The fourth-order valence-corrected chi connectivity index (χ4v) is 3.75. The Morgan fingerprint density at radius 2 is 1.83 bits per heavy atom. The number of carbonyl (C=O) groups excluding carboxylic acids is 1. The second-order valence-corrected chi connectivity index (χ2v) is 7.03. The molecule has 23 heavy (non-hydrogen) atoms. The van der Waals surface area contributed by atoms with Gasteiger partial charge in [0.25, 0.3) is 0 Å². The van der Waals surface area contributed by atoms with Crippen LogP contribution in [0.2, 0.25) is 0 Å². The molecular formula is C18H27ClN2O2. The molecule has 1 aromatic rings. The number of nitrogens with zero attached hydrogens (tertiary/aromatic N) is 1. The van der Waals surface area contributed by atoms with Gasteiger partial charge in [0, 0.05) is 31.7 Å². The molecule has 0 aromatic heterocycles. The standard InChI is InChI=1S/C18H26N2O2.ClH/c1-17(15-6-3-2-4-7-15)8-5-11-20(14-17)16(21)18(19)9-12-22-13-10-18;/h2-4,6-7H,5,8-14,19H2,1H3;1H. The number of nitrogens with two attached hydrogens (primary N) is 1. The molecule has 0 radical (unpaired) electrons. The summed E-state index contributed by atoms with van der Waals surface area (Å²) in [6, 6.07) is 10.5. The van der Waals surface area contributed by atoms with Gasteiger partial charge in [-0.05, 0) is 31.2 Å². The lowest BCUT2D eigenvalue weighted by atomic mass is 9.75. The van der Waals surface area contributed by atoms with Crippen LogP contribution in [0.1, 0.15) is 38.2 Å². The van der Waals surface area contributed by atoms with E-state index in [1.54, 1.807) is 0 Å². The highest BCUT2D eigenvalue weighted by Crippen LogP contribution is 2.35. The van der Waals surface area contributed by atoms with Crippen molar-refractivity contribution in [3.05, 3.63) is 35.9 Å². The van der Waals surface area contributed by atoms with Gasteiger partial charge < -0.3 is 15.4 Å². The number of amides is 1. The average Bonchev–Trinajstić information content (AvgIpc) is 2.56. The molecule has 2 aliphatic rings. The van der Waals surface area contributed by atoms with Crippen molar-refractivity contribution < 1.29 is 9.53 Å². The Hall–Kier alpha value is -1.10. The quantitative estimate of drug-likeness (QED) is 0.901. The van der Waals surface area contributed by atoms with E-state index in [-0.39, 0.29) is 23.7 Å². The molecule has 2 heterocycles. The van der Waals surface area contributed by atoms with E-state index in [1.165, 1.54) is 5.56 Å². The van der Waals surface area contributed by atoms with Gasteiger partial charge >= 0.3 is 0 Å². The summed E-state index contributed by atoms with van der Waals surface area (Å²) in [6.45, 7) is 5.02. The van der Waals surface area contributed by atoms with Crippen molar-refractivity contribution in [3.8, 4) is 0 Å². The van der Waals surface area contributed by atoms with Crippen LogP contribution in [0, 0.1) is 0 Å². The maximum atomic E-state index is 12.9. The summed E-state index contributed by atoms with van der Waals surface area (Å²) in [5.41, 5.74) is 7.00. The maximum Gasteiger partial charge on any atom is 0.242 e. The molecule has 5 heteroatoms. The lowest BCUT2D eigenvalue weighted by Crippen LogP contribution is -2.61. The first-order valence-corrected chi connectivity index (χ1v) is 8.25. The highest BCUT2D eigenvalue weighted by atomic mass is 35.5. The van der Waals surface area contributed by atoms with E-state index < -0.39 is 5.54 Å². The SMILES string of the molecule is CC1(c2ccccc2)CCCN(C(=O)C2(N)CCOCC2)C1.Cl. The zero-order valence-corrected chi connectivity index (χ0v) is 14.6. The first-order valence-electron chi connectivity index (χ1n) is 8.25. The first kappa shape index (κ1) is 18.2. The van der Waals surface area contributed by atoms with Crippen LogP contribution in [0.5, 0.6) is 0 Å². The fourth-order valence-electron chi connectivity index (χ4n) is 3.75. The number of hydrogen-bond acceptors (Lipinski definition) is 3. The number of carbonyl (C=O) groups is 1. The summed E-state index contributed by atoms with van der Waals surface area (Å²) < 4.78 is 5.36. The molecule has 2 saturated heterocycles. The molecule has 2 aliphatic heterocycles. The van der Waals surface area contributed by atoms with Gasteiger partial charge in [-0.25, -0.2) is 0 Å². The number of halogens is 1. The van der Waals surface area contributed by atoms with Gasteiger partial charge in [-0.15, -0.1) is 12.4 Å². The van der Waals surface area contributed by atoms with Gasteiger partial charge in [-0.2, -0.15) is 0 Å². The molecule has 1 amide bonds. The number of rotatable bonds is 2. The normalized spacial score (nSPS) is 27.1. The van der Waals surface area contributed by atoms with Crippen LogP contribution >= 0.6 is 12.4 Å². The third-order valence-corrected chi connectivity index (χ3v) is 5.27. The Morgan fingerprint density at radius 3 is 2.48 bits per heavy atom. The van der Waals surface area contributed by atoms with E-state index in [2.05, 4.69) is 31.2 Å². The number of benzene rings is 1. The number of hydrogen-bond donors (Lipinski definition) is 1. The first-order chi connectivity index (χ1) is 10.5. The van der Waals surface area contributed by atoms with Crippen molar-refractivity contribution in [2.75, 3.05) is 26.3 Å². The zero-order chi connectivity index (χ0) is 15.6. The van der Waals surface area contributed by atoms with Crippen LogP contribution < -0.4 is 5.73 Å². The fraction of sp³-hybridized carbons (Fsp3) is 0.611. The molecule has 0 aliphatic carbocycles. The maximum absolute atomic E-state index is 12.9. The molecule has 3 rings (SSSR count). The Labute approximate surface area is 144 Å². The molecule has 0 spiro atoms. The van der Waals surface area contributed by atoms with E-state index in [4.69, 9.17) is 10.5 Å². The van der Waals surface area contributed by atoms with Gasteiger partial charge in [0.05, 0.1) is 5.54 Å². The predicted molar refractivity (Wildman–Crippen MR) is 93.8 cm³/mol. The Balaban J connectivity index is 0.00000192. The molecule has 1 unspecified atom stereocenters. The van der Waals surface area contributed by atoms with E-state index in [0.29, 0.717) is 26.1 Å². The monoisotopic (exact) mass is 338 g/mol. The molecule has 128 valence electrons. The van der Waals surface area contributed by atoms with Crippen molar-refractivity contribution in [1.82, 2.24) is 4.90 Å². The molecule has 2 fully saturated rings. The van der Waals surface area contributed by atoms with E-state index in [9.17, 15) is 4.79 Å². The largest absolute Gasteiger partial charge is 0.381 e. The highest BCUT2D eigenvalue weighted by molar-refractivity contribution is 5.86. The van der Waals surface area contributed by atoms with Gasteiger partial charge in [-0.1, -0.05) is 37.3 Å². The summed E-state index contributed by atoms with van der Waals surface area (Å²) in [4.78, 5) is 14.9. The van der Waals surface area contributed by atoms with Crippen LogP contribution in [0.15, 0.2) is 30.3 Å². The van der Waals surface area contributed by atoms with Crippen LogP contribution in [0.3, 0.4) is 0 Å². The summed E-state index contributed by atoms with van der Waals surface area (Å²) in [5, 5.41) is 0. The predicted octanol–water partition coefficient (Wildman–Crippen LogP) is 2.50. The Kier molecular flexibility index (Phi) is 5.71. The van der Waals surface area contributed by atoms with Crippen molar-refractivity contribution in [2.45, 2.75) is 43.6 Å². The van der Waals surface area contributed by atoms with Gasteiger partial charge in [0.2, 0.25) is 5.91 Å². The second-order valence-electron chi connectivity index (χ2n) is 7.03.